The minimum Gasteiger partial charge on any atom is -0.461 e. The summed E-state index contributed by atoms with van der Waals surface area (Å²) in [5.74, 6) is 1.43. The molecule has 2 aromatic rings. The first-order valence-corrected chi connectivity index (χ1v) is 7.98. The average molecular weight is 317 g/mol. The Labute approximate surface area is 135 Å². The molecule has 1 aromatic heterocycles. The molecule has 1 aliphatic rings. The molecule has 6 nitrogen and oxygen atoms in total. The van der Waals surface area contributed by atoms with Gasteiger partial charge in [0.1, 0.15) is 17.2 Å². The van der Waals surface area contributed by atoms with Crippen LogP contribution >= 0.6 is 0 Å². The predicted molar refractivity (Wildman–Crippen MR) is 89.1 cm³/mol. The predicted octanol–water partition coefficient (Wildman–Crippen LogP) is 1.99. The van der Waals surface area contributed by atoms with Crippen molar-refractivity contribution >= 4 is 16.8 Å². The number of amidine groups is 1. The molecular formula is C17H23N3O3. The third-order valence-electron chi connectivity index (χ3n) is 4.20. The Morgan fingerprint density at radius 1 is 1.30 bits per heavy atom. The molecule has 2 heterocycles. The summed E-state index contributed by atoms with van der Waals surface area (Å²) in [6.07, 6.45) is 0.530. The Morgan fingerprint density at radius 2 is 2.09 bits per heavy atom. The highest BCUT2D eigenvalue weighted by molar-refractivity contribution is 5.90. The lowest BCUT2D eigenvalue weighted by molar-refractivity contribution is 0.0394. The largest absolute Gasteiger partial charge is 0.461 e. The topological polar surface area (TPSA) is 70.2 Å². The maximum atomic E-state index is 9.38. The van der Waals surface area contributed by atoms with Crippen LogP contribution in [0.5, 0.6) is 0 Å². The second-order valence-corrected chi connectivity index (χ2v) is 5.70. The van der Waals surface area contributed by atoms with Gasteiger partial charge in [-0.2, -0.15) is 0 Å². The monoisotopic (exact) mass is 317 g/mol. The van der Waals surface area contributed by atoms with E-state index in [0.717, 1.165) is 55.1 Å². The quantitative estimate of drug-likeness (QED) is 0.501. The van der Waals surface area contributed by atoms with Gasteiger partial charge in [-0.05, 0) is 13.0 Å². The molecule has 0 amide bonds. The maximum Gasteiger partial charge on any atom is 0.134 e. The van der Waals surface area contributed by atoms with E-state index in [-0.39, 0.29) is 0 Å². The highest BCUT2D eigenvalue weighted by Crippen LogP contribution is 2.25. The Hall–Kier alpha value is -1.89. The second kappa shape index (κ2) is 7.59. The third-order valence-corrected chi connectivity index (χ3v) is 4.20. The van der Waals surface area contributed by atoms with E-state index in [1.165, 1.54) is 0 Å². The van der Waals surface area contributed by atoms with E-state index in [1.807, 2.05) is 31.2 Å². The molecule has 2 N–H and O–H groups in total. The molecule has 1 saturated heterocycles. The van der Waals surface area contributed by atoms with Crippen molar-refractivity contribution in [3.8, 4) is 0 Å². The summed E-state index contributed by atoms with van der Waals surface area (Å²) < 4.78 is 11.1. The van der Waals surface area contributed by atoms with Crippen LogP contribution in [-0.2, 0) is 11.2 Å². The van der Waals surface area contributed by atoms with Crippen molar-refractivity contribution in [3.05, 3.63) is 35.6 Å². The molecule has 0 bridgehead atoms. The molecular weight excluding hydrogens is 294 g/mol. The SMILES string of the molecule is Cc1oc2ccccc2c1CC(=NCCN1CCOCC1)NO. The number of aryl methyl sites for hydroxylation is 1. The summed E-state index contributed by atoms with van der Waals surface area (Å²) in [4.78, 5) is 6.81. The zero-order chi connectivity index (χ0) is 16.1. The highest BCUT2D eigenvalue weighted by atomic mass is 16.5. The van der Waals surface area contributed by atoms with Crippen LogP contribution < -0.4 is 5.48 Å². The number of fused-ring (bicyclic) bond motifs is 1. The fourth-order valence-electron chi connectivity index (χ4n) is 2.89. The number of nitrogens with one attached hydrogen (secondary N) is 1. The summed E-state index contributed by atoms with van der Waals surface area (Å²) in [6.45, 7) is 6.94. The number of rotatable bonds is 5. The van der Waals surface area contributed by atoms with Gasteiger partial charge in [0.2, 0.25) is 0 Å². The standard InChI is InChI=1S/C17H23N3O3/c1-13-15(14-4-2-3-5-16(14)23-13)12-17(19-21)18-6-7-20-8-10-22-11-9-20/h2-5,21H,6-12H2,1H3,(H,18,19). The van der Waals surface area contributed by atoms with Crippen LogP contribution in [0.3, 0.4) is 0 Å². The number of aliphatic imine (C=N–C) groups is 1. The van der Waals surface area contributed by atoms with Crippen LogP contribution in [0.25, 0.3) is 11.0 Å². The molecule has 3 rings (SSSR count). The molecule has 1 aliphatic heterocycles. The van der Waals surface area contributed by atoms with Gasteiger partial charge >= 0.3 is 0 Å². The highest BCUT2D eigenvalue weighted by Gasteiger charge is 2.13. The van der Waals surface area contributed by atoms with Gasteiger partial charge < -0.3 is 9.15 Å². The molecule has 0 atom stereocenters. The van der Waals surface area contributed by atoms with Gasteiger partial charge in [0.25, 0.3) is 0 Å². The van der Waals surface area contributed by atoms with E-state index in [0.29, 0.717) is 18.8 Å². The van der Waals surface area contributed by atoms with Crippen LogP contribution in [0.1, 0.15) is 11.3 Å². The summed E-state index contributed by atoms with van der Waals surface area (Å²) in [6, 6.07) is 7.93. The molecule has 1 aromatic carbocycles. The van der Waals surface area contributed by atoms with Crippen LogP contribution in [-0.4, -0.2) is 55.3 Å². The van der Waals surface area contributed by atoms with Gasteiger partial charge in [-0.1, -0.05) is 18.2 Å². The van der Waals surface area contributed by atoms with Gasteiger partial charge in [-0.3, -0.25) is 20.6 Å². The summed E-state index contributed by atoms with van der Waals surface area (Å²) in [5, 5.41) is 10.5. The van der Waals surface area contributed by atoms with Gasteiger partial charge in [-0.25, -0.2) is 0 Å². The first-order valence-electron chi connectivity index (χ1n) is 7.98. The zero-order valence-electron chi connectivity index (χ0n) is 13.4. The number of furan rings is 1. The fourth-order valence-corrected chi connectivity index (χ4v) is 2.89. The summed E-state index contributed by atoms with van der Waals surface area (Å²) in [5.41, 5.74) is 4.16. The second-order valence-electron chi connectivity index (χ2n) is 5.70. The number of para-hydroxylation sites is 1. The molecule has 0 unspecified atom stereocenters. The number of ether oxygens (including phenoxy) is 1. The summed E-state index contributed by atoms with van der Waals surface area (Å²) >= 11 is 0. The molecule has 0 saturated carbocycles. The lowest BCUT2D eigenvalue weighted by Gasteiger charge is -2.25. The Balaban J connectivity index is 1.65. The van der Waals surface area contributed by atoms with Crippen molar-refractivity contribution < 1.29 is 14.4 Å². The van der Waals surface area contributed by atoms with E-state index in [9.17, 15) is 5.21 Å². The lowest BCUT2D eigenvalue weighted by atomic mass is 10.1. The Bertz CT molecular complexity index is 675. The number of hydrogen-bond donors (Lipinski definition) is 2. The van der Waals surface area contributed by atoms with Crippen LogP contribution in [0, 0.1) is 6.92 Å². The number of hydrogen-bond acceptors (Lipinski definition) is 5. The molecule has 6 heteroatoms. The van der Waals surface area contributed by atoms with Crippen molar-refractivity contribution in [1.29, 1.82) is 0 Å². The zero-order valence-corrected chi connectivity index (χ0v) is 13.4. The number of hydroxylamine groups is 1. The number of benzene rings is 1. The number of nitrogens with zero attached hydrogens (tertiary/aromatic N) is 2. The van der Waals surface area contributed by atoms with E-state index in [4.69, 9.17) is 9.15 Å². The molecule has 0 aliphatic carbocycles. The van der Waals surface area contributed by atoms with E-state index < -0.39 is 0 Å². The van der Waals surface area contributed by atoms with Gasteiger partial charge in [0, 0.05) is 37.0 Å². The first-order chi connectivity index (χ1) is 11.3. The third kappa shape index (κ3) is 3.90. The van der Waals surface area contributed by atoms with Crippen molar-refractivity contribution in [1.82, 2.24) is 10.4 Å². The maximum absolute atomic E-state index is 9.38. The normalized spacial score (nSPS) is 16.9. The van der Waals surface area contributed by atoms with E-state index in [2.05, 4.69) is 15.4 Å². The van der Waals surface area contributed by atoms with Gasteiger partial charge in [0.05, 0.1) is 19.8 Å². The van der Waals surface area contributed by atoms with Crippen molar-refractivity contribution in [2.24, 2.45) is 4.99 Å². The van der Waals surface area contributed by atoms with Gasteiger partial charge in [-0.15, -0.1) is 0 Å². The van der Waals surface area contributed by atoms with E-state index >= 15 is 0 Å². The van der Waals surface area contributed by atoms with Gasteiger partial charge in [0.15, 0.2) is 0 Å². The molecule has 1 fully saturated rings. The average Bonchev–Trinajstić information content (AvgIpc) is 2.90. The van der Waals surface area contributed by atoms with E-state index in [1.54, 1.807) is 0 Å². The molecule has 0 spiro atoms. The first kappa shape index (κ1) is 16.0. The Kier molecular flexibility index (Phi) is 5.27. The smallest absolute Gasteiger partial charge is 0.134 e. The van der Waals surface area contributed by atoms with Crippen molar-refractivity contribution in [2.45, 2.75) is 13.3 Å². The molecule has 124 valence electrons. The van der Waals surface area contributed by atoms with Crippen LogP contribution in [0.4, 0.5) is 0 Å². The number of morpholine rings is 1. The van der Waals surface area contributed by atoms with Crippen LogP contribution in [0.15, 0.2) is 33.7 Å². The minimum atomic E-state index is 0.530. The van der Waals surface area contributed by atoms with Crippen molar-refractivity contribution in [3.63, 3.8) is 0 Å². The summed E-state index contributed by atoms with van der Waals surface area (Å²) in [7, 11) is 0. The lowest BCUT2D eigenvalue weighted by Crippen LogP contribution is -2.38. The van der Waals surface area contributed by atoms with Crippen molar-refractivity contribution in [2.75, 3.05) is 39.4 Å². The molecule has 23 heavy (non-hydrogen) atoms. The molecule has 0 radical (unpaired) electrons. The van der Waals surface area contributed by atoms with Crippen LogP contribution in [0.2, 0.25) is 0 Å². The fraction of sp³-hybridized carbons (Fsp3) is 0.471. The Morgan fingerprint density at radius 3 is 2.87 bits per heavy atom. The minimum absolute atomic E-state index is 0.530.